The largest absolute Gasteiger partial charge is 0.495 e. The predicted molar refractivity (Wildman–Crippen MR) is 76.2 cm³/mol. The maximum atomic E-state index is 12.1. The highest BCUT2D eigenvalue weighted by Crippen LogP contribution is 2.27. The van der Waals surface area contributed by atoms with Crippen LogP contribution in [0.2, 0.25) is 5.02 Å². The first-order valence-electron chi connectivity index (χ1n) is 6.22. The molecule has 0 spiro atoms. The van der Waals surface area contributed by atoms with Crippen LogP contribution in [0.1, 0.15) is 6.92 Å². The third-order valence-electron chi connectivity index (χ3n) is 3.03. The van der Waals surface area contributed by atoms with Gasteiger partial charge in [-0.15, -0.1) is 0 Å². The van der Waals surface area contributed by atoms with E-state index in [-0.39, 0.29) is 11.9 Å². The molecule has 0 aromatic heterocycles. The molecule has 108 valence electrons. The fourth-order valence-corrected chi connectivity index (χ4v) is 2.24. The molecule has 0 saturated carbocycles. The van der Waals surface area contributed by atoms with Crippen molar-refractivity contribution in [2.75, 3.05) is 25.5 Å². The van der Waals surface area contributed by atoms with Gasteiger partial charge in [0.25, 0.3) is 5.91 Å². The smallest absolute Gasteiger partial charge is 0.324 e. The van der Waals surface area contributed by atoms with E-state index in [1.807, 2.05) is 0 Å². The molecule has 7 heteroatoms. The maximum Gasteiger partial charge on any atom is 0.324 e. The quantitative estimate of drug-likeness (QED) is 0.887. The van der Waals surface area contributed by atoms with Gasteiger partial charge >= 0.3 is 6.03 Å². The summed E-state index contributed by atoms with van der Waals surface area (Å²) in [6.45, 7) is 2.59. The Morgan fingerprint density at radius 3 is 2.85 bits per heavy atom. The number of urea groups is 1. The van der Waals surface area contributed by atoms with E-state index < -0.39 is 6.04 Å². The molecule has 1 aliphatic rings. The van der Waals surface area contributed by atoms with Crippen LogP contribution < -0.4 is 15.4 Å². The van der Waals surface area contributed by atoms with E-state index in [1.165, 1.54) is 12.0 Å². The lowest BCUT2D eigenvalue weighted by Crippen LogP contribution is -2.43. The summed E-state index contributed by atoms with van der Waals surface area (Å²) >= 11 is 6.02. The molecule has 1 atom stereocenters. The number of ether oxygens (including phenoxy) is 1. The lowest BCUT2D eigenvalue weighted by atomic mass is 10.2. The Hall–Kier alpha value is -1.95. The monoisotopic (exact) mass is 297 g/mol. The van der Waals surface area contributed by atoms with Crippen molar-refractivity contribution in [1.29, 1.82) is 0 Å². The molecular weight excluding hydrogens is 282 g/mol. The second-order valence-electron chi connectivity index (χ2n) is 4.44. The summed E-state index contributed by atoms with van der Waals surface area (Å²) in [5.74, 6) is 0.294. The highest BCUT2D eigenvalue weighted by atomic mass is 35.5. The van der Waals surface area contributed by atoms with E-state index in [4.69, 9.17) is 16.3 Å². The number of nitrogens with zero attached hydrogens (tertiary/aromatic N) is 1. The number of amides is 3. The lowest BCUT2D eigenvalue weighted by Gasteiger charge is -2.20. The summed E-state index contributed by atoms with van der Waals surface area (Å²) in [7, 11) is 1.53. The summed E-state index contributed by atoms with van der Waals surface area (Å²) in [5, 5.41) is 6.07. The molecule has 0 aliphatic carbocycles. The van der Waals surface area contributed by atoms with Gasteiger partial charge in [0.05, 0.1) is 12.1 Å². The summed E-state index contributed by atoms with van der Waals surface area (Å²) in [4.78, 5) is 24.7. The molecule has 20 heavy (non-hydrogen) atoms. The first-order valence-corrected chi connectivity index (χ1v) is 6.60. The van der Waals surface area contributed by atoms with Gasteiger partial charge in [-0.25, -0.2) is 4.79 Å². The standard InChI is InChI=1S/C13H16ClN3O3/c1-8(12(18)17-6-5-15-13(17)19)16-9-3-4-11(20-2)10(14)7-9/h3-4,7-8,16H,5-6H2,1-2H3,(H,15,19)/t8-/m0/s1. The van der Waals surface area contributed by atoms with Gasteiger partial charge in [0.15, 0.2) is 0 Å². The number of imide groups is 1. The molecule has 1 heterocycles. The number of halogens is 1. The Balaban J connectivity index is 2.03. The average molecular weight is 298 g/mol. The number of nitrogens with one attached hydrogen (secondary N) is 2. The summed E-state index contributed by atoms with van der Waals surface area (Å²) in [6.07, 6.45) is 0. The number of methoxy groups -OCH3 is 1. The van der Waals surface area contributed by atoms with Crippen molar-refractivity contribution in [3.8, 4) is 5.75 Å². The van der Waals surface area contributed by atoms with Crippen LogP contribution in [-0.2, 0) is 4.79 Å². The van der Waals surface area contributed by atoms with Crippen LogP contribution in [0, 0.1) is 0 Å². The van der Waals surface area contributed by atoms with Crippen LogP contribution in [0.4, 0.5) is 10.5 Å². The molecule has 1 aromatic rings. The first-order chi connectivity index (χ1) is 9.52. The molecule has 6 nitrogen and oxygen atoms in total. The van der Waals surface area contributed by atoms with Gasteiger partial charge in [-0.2, -0.15) is 0 Å². The Morgan fingerprint density at radius 1 is 1.55 bits per heavy atom. The lowest BCUT2D eigenvalue weighted by molar-refractivity contribution is -0.128. The molecule has 0 bridgehead atoms. The minimum Gasteiger partial charge on any atom is -0.495 e. The zero-order valence-corrected chi connectivity index (χ0v) is 12.0. The van der Waals surface area contributed by atoms with E-state index in [2.05, 4.69) is 10.6 Å². The number of hydrogen-bond donors (Lipinski definition) is 2. The molecule has 1 fully saturated rings. The number of anilines is 1. The van der Waals surface area contributed by atoms with Gasteiger partial charge in [-0.1, -0.05) is 11.6 Å². The van der Waals surface area contributed by atoms with Gasteiger partial charge in [0.1, 0.15) is 11.8 Å². The van der Waals surface area contributed by atoms with Gasteiger partial charge < -0.3 is 15.4 Å². The van der Waals surface area contributed by atoms with Gasteiger partial charge in [0, 0.05) is 18.8 Å². The molecule has 1 saturated heterocycles. The second kappa shape index (κ2) is 6.00. The fourth-order valence-electron chi connectivity index (χ4n) is 1.98. The molecule has 2 N–H and O–H groups in total. The zero-order chi connectivity index (χ0) is 14.7. The van der Waals surface area contributed by atoms with Gasteiger partial charge in [-0.05, 0) is 25.1 Å². The minimum atomic E-state index is -0.525. The first kappa shape index (κ1) is 14.5. The summed E-state index contributed by atoms with van der Waals surface area (Å²) in [6, 6.07) is 4.27. The Labute approximate surface area is 122 Å². The summed E-state index contributed by atoms with van der Waals surface area (Å²) in [5.41, 5.74) is 0.691. The van der Waals surface area contributed by atoms with Crippen LogP contribution in [0.15, 0.2) is 18.2 Å². The number of carbonyl (C=O) groups is 2. The molecule has 1 aliphatic heterocycles. The van der Waals surface area contributed by atoms with Crippen LogP contribution in [0.25, 0.3) is 0 Å². The number of benzene rings is 1. The van der Waals surface area contributed by atoms with Crippen molar-refractivity contribution >= 4 is 29.2 Å². The molecule has 1 aromatic carbocycles. The highest BCUT2D eigenvalue weighted by Gasteiger charge is 2.29. The maximum absolute atomic E-state index is 12.1. The van der Waals surface area contributed by atoms with Crippen LogP contribution in [0.3, 0.4) is 0 Å². The van der Waals surface area contributed by atoms with Crippen molar-refractivity contribution in [3.63, 3.8) is 0 Å². The van der Waals surface area contributed by atoms with Crippen molar-refractivity contribution < 1.29 is 14.3 Å². The van der Waals surface area contributed by atoms with E-state index in [9.17, 15) is 9.59 Å². The van der Waals surface area contributed by atoms with E-state index in [0.29, 0.717) is 29.5 Å². The van der Waals surface area contributed by atoms with E-state index in [0.717, 1.165) is 0 Å². The third-order valence-corrected chi connectivity index (χ3v) is 3.32. The predicted octanol–water partition coefficient (Wildman–Crippen LogP) is 1.70. The molecule has 2 rings (SSSR count). The average Bonchev–Trinajstić information content (AvgIpc) is 2.84. The molecule has 3 amide bonds. The topological polar surface area (TPSA) is 70.7 Å². The van der Waals surface area contributed by atoms with Crippen molar-refractivity contribution in [2.24, 2.45) is 0 Å². The van der Waals surface area contributed by atoms with Gasteiger partial charge in [-0.3, -0.25) is 9.69 Å². The van der Waals surface area contributed by atoms with Crippen LogP contribution in [-0.4, -0.2) is 43.1 Å². The SMILES string of the molecule is COc1ccc(N[C@@H](C)C(=O)N2CCNC2=O)cc1Cl. The van der Waals surface area contributed by atoms with Crippen molar-refractivity contribution in [2.45, 2.75) is 13.0 Å². The van der Waals surface area contributed by atoms with Gasteiger partial charge in [0.2, 0.25) is 0 Å². The number of hydrogen-bond acceptors (Lipinski definition) is 4. The second-order valence-corrected chi connectivity index (χ2v) is 4.84. The number of rotatable bonds is 4. The minimum absolute atomic E-state index is 0.271. The Kier molecular flexibility index (Phi) is 4.34. The summed E-state index contributed by atoms with van der Waals surface area (Å²) < 4.78 is 5.06. The fraction of sp³-hybridized carbons (Fsp3) is 0.385. The van der Waals surface area contributed by atoms with Crippen molar-refractivity contribution in [3.05, 3.63) is 23.2 Å². The highest BCUT2D eigenvalue weighted by molar-refractivity contribution is 6.32. The van der Waals surface area contributed by atoms with Crippen LogP contribution >= 0.6 is 11.6 Å². The third kappa shape index (κ3) is 2.96. The Bertz CT molecular complexity index is 536. The molecular formula is C13H16ClN3O3. The number of carbonyl (C=O) groups excluding carboxylic acids is 2. The molecule has 0 radical (unpaired) electrons. The van der Waals surface area contributed by atoms with E-state index >= 15 is 0 Å². The zero-order valence-electron chi connectivity index (χ0n) is 11.3. The van der Waals surface area contributed by atoms with Crippen molar-refractivity contribution in [1.82, 2.24) is 10.2 Å². The Morgan fingerprint density at radius 2 is 2.30 bits per heavy atom. The van der Waals surface area contributed by atoms with E-state index in [1.54, 1.807) is 25.1 Å². The normalized spacial score (nSPS) is 15.8. The molecule has 0 unspecified atom stereocenters. The van der Waals surface area contributed by atoms with Crippen LogP contribution in [0.5, 0.6) is 5.75 Å².